The van der Waals surface area contributed by atoms with Gasteiger partial charge in [0.1, 0.15) is 5.01 Å². The number of hydrogen-bond acceptors (Lipinski definition) is 5. The van der Waals surface area contributed by atoms with Crippen LogP contribution in [0.2, 0.25) is 0 Å². The number of aromatic nitrogens is 3. The predicted octanol–water partition coefficient (Wildman–Crippen LogP) is 1.96. The minimum Gasteiger partial charge on any atom is -0.360 e. The monoisotopic (exact) mass is 220 g/mol. The quantitative estimate of drug-likeness (QED) is 0.855. The van der Waals surface area contributed by atoms with Crippen LogP contribution in [-0.4, -0.2) is 21.7 Å². The van der Waals surface area contributed by atoms with Crippen LogP contribution in [0.3, 0.4) is 0 Å². The Bertz CT molecular complexity index is 412. The van der Waals surface area contributed by atoms with E-state index in [0.29, 0.717) is 0 Å². The number of nitrogens with zero attached hydrogens (tertiary/aromatic N) is 3. The molecule has 0 aliphatic heterocycles. The zero-order valence-corrected chi connectivity index (χ0v) is 9.29. The number of pyridine rings is 1. The molecule has 0 fully saturated rings. The maximum atomic E-state index is 4.12. The zero-order chi connectivity index (χ0) is 10.5. The van der Waals surface area contributed by atoms with E-state index < -0.39 is 0 Å². The van der Waals surface area contributed by atoms with Gasteiger partial charge in [0, 0.05) is 25.4 Å². The Hall–Kier alpha value is -1.49. The van der Waals surface area contributed by atoms with Gasteiger partial charge in [-0.2, -0.15) is 0 Å². The molecule has 0 aliphatic rings. The molecule has 0 spiro atoms. The van der Waals surface area contributed by atoms with Crippen molar-refractivity contribution in [1.29, 1.82) is 0 Å². The van der Waals surface area contributed by atoms with Gasteiger partial charge in [-0.1, -0.05) is 11.3 Å². The molecule has 78 valence electrons. The van der Waals surface area contributed by atoms with Crippen molar-refractivity contribution in [3.05, 3.63) is 35.1 Å². The SMILES string of the molecule is CCNc1nnc(Cc2ccncc2)s1. The Morgan fingerprint density at radius 2 is 2.07 bits per heavy atom. The summed E-state index contributed by atoms with van der Waals surface area (Å²) in [4.78, 5) is 3.98. The van der Waals surface area contributed by atoms with Crippen LogP contribution in [0, 0.1) is 0 Å². The van der Waals surface area contributed by atoms with Crippen LogP contribution in [0.4, 0.5) is 5.13 Å². The fourth-order valence-electron chi connectivity index (χ4n) is 1.22. The number of anilines is 1. The molecular weight excluding hydrogens is 208 g/mol. The van der Waals surface area contributed by atoms with E-state index in [1.54, 1.807) is 23.7 Å². The Morgan fingerprint density at radius 1 is 1.27 bits per heavy atom. The Balaban J connectivity index is 2.05. The molecule has 0 amide bonds. The molecule has 0 radical (unpaired) electrons. The van der Waals surface area contributed by atoms with E-state index in [-0.39, 0.29) is 0 Å². The molecule has 0 atom stereocenters. The summed E-state index contributed by atoms with van der Waals surface area (Å²) in [7, 11) is 0. The third-order valence-corrected chi connectivity index (χ3v) is 2.78. The Kier molecular flexibility index (Phi) is 3.24. The van der Waals surface area contributed by atoms with E-state index >= 15 is 0 Å². The Morgan fingerprint density at radius 3 is 2.80 bits per heavy atom. The van der Waals surface area contributed by atoms with E-state index in [1.165, 1.54) is 5.56 Å². The van der Waals surface area contributed by atoms with Gasteiger partial charge in [0.2, 0.25) is 5.13 Å². The van der Waals surface area contributed by atoms with Crippen LogP contribution < -0.4 is 5.32 Å². The maximum Gasteiger partial charge on any atom is 0.205 e. The molecule has 0 aliphatic carbocycles. The molecule has 0 saturated heterocycles. The second-order valence-corrected chi connectivity index (χ2v) is 4.13. The summed E-state index contributed by atoms with van der Waals surface area (Å²) in [6, 6.07) is 3.99. The zero-order valence-electron chi connectivity index (χ0n) is 8.47. The van der Waals surface area contributed by atoms with Gasteiger partial charge in [0.15, 0.2) is 0 Å². The smallest absolute Gasteiger partial charge is 0.205 e. The van der Waals surface area contributed by atoms with Crippen molar-refractivity contribution < 1.29 is 0 Å². The number of hydrogen-bond donors (Lipinski definition) is 1. The van der Waals surface area contributed by atoms with Crippen molar-refractivity contribution in [1.82, 2.24) is 15.2 Å². The lowest BCUT2D eigenvalue weighted by Gasteiger charge is -1.94. The van der Waals surface area contributed by atoms with Crippen molar-refractivity contribution >= 4 is 16.5 Å². The molecule has 0 saturated carbocycles. The highest BCUT2D eigenvalue weighted by Crippen LogP contribution is 2.17. The lowest BCUT2D eigenvalue weighted by Crippen LogP contribution is -1.94. The first kappa shape index (κ1) is 10.0. The molecule has 2 rings (SSSR count). The lowest BCUT2D eigenvalue weighted by atomic mass is 10.2. The van der Waals surface area contributed by atoms with Crippen LogP contribution in [0.15, 0.2) is 24.5 Å². The molecule has 2 heterocycles. The molecule has 0 aromatic carbocycles. The maximum absolute atomic E-state index is 4.12. The van der Waals surface area contributed by atoms with Crippen molar-refractivity contribution in [3.63, 3.8) is 0 Å². The second kappa shape index (κ2) is 4.84. The van der Waals surface area contributed by atoms with Gasteiger partial charge in [-0.3, -0.25) is 4.98 Å². The Labute approximate surface area is 92.4 Å². The normalized spacial score (nSPS) is 10.2. The largest absolute Gasteiger partial charge is 0.360 e. The molecular formula is C10H12N4S. The van der Waals surface area contributed by atoms with E-state index in [9.17, 15) is 0 Å². The van der Waals surface area contributed by atoms with Crippen LogP contribution >= 0.6 is 11.3 Å². The summed E-state index contributed by atoms with van der Waals surface area (Å²) in [5, 5.41) is 13.2. The first-order chi connectivity index (χ1) is 7.38. The van der Waals surface area contributed by atoms with Gasteiger partial charge in [-0.15, -0.1) is 10.2 Å². The van der Waals surface area contributed by atoms with Gasteiger partial charge in [0.05, 0.1) is 0 Å². The number of rotatable bonds is 4. The van der Waals surface area contributed by atoms with E-state index in [1.807, 2.05) is 19.1 Å². The lowest BCUT2D eigenvalue weighted by molar-refractivity contribution is 0.994. The average Bonchev–Trinajstić information content (AvgIpc) is 2.68. The van der Waals surface area contributed by atoms with Crippen LogP contribution in [0.25, 0.3) is 0 Å². The molecule has 4 nitrogen and oxygen atoms in total. The average molecular weight is 220 g/mol. The third-order valence-electron chi connectivity index (χ3n) is 1.90. The molecule has 0 bridgehead atoms. The van der Waals surface area contributed by atoms with Crippen LogP contribution in [-0.2, 0) is 6.42 Å². The molecule has 1 N–H and O–H groups in total. The molecule has 15 heavy (non-hydrogen) atoms. The van der Waals surface area contributed by atoms with Crippen molar-refractivity contribution in [3.8, 4) is 0 Å². The first-order valence-electron chi connectivity index (χ1n) is 4.83. The summed E-state index contributed by atoms with van der Waals surface area (Å²) in [5.74, 6) is 0. The van der Waals surface area contributed by atoms with Crippen molar-refractivity contribution in [2.75, 3.05) is 11.9 Å². The van der Waals surface area contributed by atoms with Gasteiger partial charge < -0.3 is 5.32 Å². The van der Waals surface area contributed by atoms with Gasteiger partial charge in [-0.25, -0.2) is 0 Å². The topological polar surface area (TPSA) is 50.7 Å². The van der Waals surface area contributed by atoms with Gasteiger partial charge in [0.25, 0.3) is 0 Å². The van der Waals surface area contributed by atoms with E-state index in [2.05, 4.69) is 20.5 Å². The summed E-state index contributed by atoms with van der Waals surface area (Å²) in [6.07, 6.45) is 4.41. The minimum absolute atomic E-state index is 0.825. The fourth-order valence-corrected chi connectivity index (χ4v) is 2.06. The third kappa shape index (κ3) is 2.73. The highest BCUT2D eigenvalue weighted by Gasteiger charge is 2.03. The molecule has 5 heteroatoms. The highest BCUT2D eigenvalue weighted by molar-refractivity contribution is 7.15. The first-order valence-corrected chi connectivity index (χ1v) is 5.65. The summed E-state index contributed by atoms with van der Waals surface area (Å²) in [5.41, 5.74) is 1.21. The summed E-state index contributed by atoms with van der Waals surface area (Å²) < 4.78 is 0. The van der Waals surface area contributed by atoms with Crippen LogP contribution in [0.5, 0.6) is 0 Å². The van der Waals surface area contributed by atoms with Crippen molar-refractivity contribution in [2.24, 2.45) is 0 Å². The minimum atomic E-state index is 0.825. The number of nitrogens with one attached hydrogen (secondary N) is 1. The predicted molar refractivity (Wildman–Crippen MR) is 61.1 cm³/mol. The van der Waals surface area contributed by atoms with Crippen LogP contribution in [0.1, 0.15) is 17.5 Å². The molecule has 2 aromatic rings. The fraction of sp³-hybridized carbons (Fsp3) is 0.300. The van der Waals surface area contributed by atoms with Crippen molar-refractivity contribution in [2.45, 2.75) is 13.3 Å². The molecule has 0 unspecified atom stereocenters. The summed E-state index contributed by atoms with van der Waals surface area (Å²) >= 11 is 1.60. The van der Waals surface area contributed by atoms with E-state index in [4.69, 9.17) is 0 Å². The summed E-state index contributed by atoms with van der Waals surface area (Å²) in [6.45, 7) is 2.92. The van der Waals surface area contributed by atoms with E-state index in [0.717, 1.165) is 23.1 Å². The highest BCUT2D eigenvalue weighted by atomic mass is 32.1. The molecule has 2 aromatic heterocycles. The standard InChI is InChI=1S/C10H12N4S/c1-2-12-10-14-13-9(15-10)7-8-3-5-11-6-4-8/h3-6H,2,7H2,1H3,(H,12,14). The van der Waals surface area contributed by atoms with Gasteiger partial charge in [-0.05, 0) is 24.6 Å². The second-order valence-electron chi connectivity index (χ2n) is 3.06. The van der Waals surface area contributed by atoms with Gasteiger partial charge >= 0.3 is 0 Å².